The van der Waals surface area contributed by atoms with Gasteiger partial charge in [-0.25, -0.2) is 0 Å². The maximum Gasteiger partial charge on any atom is 0.262 e. The molecular formula is C18H22N4O4. The van der Waals surface area contributed by atoms with Crippen molar-refractivity contribution in [3.63, 3.8) is 0 Å². The normalized spacial score (nSPS) is 12.9. The van der Waals surface area contributed by atoms with Crippen LogP contribution in [0.3, 0.4) is 0 Å². The van der Waals surface area contributed by atoms with Crippen molar-refractivity contribution in [2.45, 2.75) is 39.7 Å². The van der Waals surface area contributed by atoms with E-state index in [1.165, 1.54) is 0 Å². The number of ether oxygens (including phenoxy) is 1. The molecule has 3 rings (SSSR count). The number of carbonyl (C=O) groups excluding carboxylic acids is 2. The zero-order valence-electron chi connectivity index (χ0n) is 14.9. The number of fused-ring (bicyclic) bond motifs is 1. The maximum atomic E-state index is 12.6. The smallest absolute Gasteiger partial charge is 0.262 e. The first kappa shape index (κ1) is 17.9. The Balaban J connectivity index is 1.65. The van der Waals surface area contributed by atoms with Gasteiger partial charge in [-0.15, -0.1) is 0 Å². The fraction of sp³-hybridized carbons (Fsp3) is 0.444. The van der Waals surface area contributed by atoms with E-state index in [-0.39, 0.29) is 24.8 Å². The standard InChI is InChI=1S/C18H22N4O4/c1-3-5-17-20-15(21-26-17)10-22(4-2)18(24)9-12-6-7-14-13(8-12)19-16(23)11-25-14/h6-8H,3-5,9-11H2,1-2H3,(H,19,23). The zero-order valence-corrected chi connectivity index (χ0v) is 14.9. The molecule has 1 aromatic heterocycles. The second kappa shape index (κ2) is 7.99. The van der Waals surface area contributed by atoms with Crippen molar-refractivity contribution in [2.75, 3.05) is 18.5 Å². The van der Waals surface area contributed by atoms with Gasteiger partial charge in [-0.3, -0.25) is 9.59 Å². The van der Waals surface area contributed by atoms with E-state index >= 15 is 0 Å². The first-order chi connectivity index (χ1) is 12.6. The number of nitrogens with zero attached hydrogens (tertiary/aromatic N) is 3. The van der Waals surface area contributed by atoms with Crippen molar-refractivity contribution in [1.29, 1.82) is 0 Å². The number of aromatic nitrogens is 2. The van der Waals surface area contributed by atoms with Crippen molar-refractivity contribution >= 4 is 17.5 Å². The van der Waals surface area contributed by atoms with Gasteiger partial charge in [-0.1, -0.05) is 18.1 Å². The Morgan fingerprint density at radius 3 is 2.96 bits per heavy atom. The van der Waals surface area contributed by atoms with Crippen LogP contribution in [0.25, 0.3) is 0 Å². The van der Waals surface area contributed by atoms with Crippen molar-refractivity contribution in [1.82, 2.24) is 15.0 Å². The largest absolute Gasteiger partial charge is 0.482 e. The molecule has 1 aliphatic rings. The summed E-state index contributed by atoms with van der Waals surface area (Å²) in [7, 11) is 0. The highest BCUT2D eigenvalue weighted by atomic mass is 16.5. The lowest BCUT2D eigenvalue weighted by molar-refractivity contribution is -0.131. The predicted octanol–water partition coefficient (Wildman–Crippen LogP) is 1.94. The zero-order chi connectivity index (χ0) is 18.5. The number of aryl methyl sites for hydroxylation is 1. The Hall–Kier alpha value is -2.90. The Morgan fingerprint density at radius 2 is 2.19 bits per heavy atom. The minimum absolute atomic E-state index is 0.0135. The van der Waals surface area contributed by atoms with Gasteiger partial charge in [-0.05, 0) is 31.0 Å². The van der Waals surface area contributed by atoms with Crippen LogP contribution in [-0.2, 0) is 29.0 Å². The molecule has 2 aromatic rings. The summed E-state index contributed by atoms with van der Waals surface area (Å²) in [6, 6.07) is 5.37. The van der Waals surface area contributed by atoms with Crippen molar-refractivity contribution in [2.24, 2.45) is 0 Å². The molecule has 0 bridgehead atoms. The summed E-state index contributed by atoms with van der Waals surface area (Å²) in [5, 5.41) is 6.68. The van der Waals surface area contributed by atoms with Gasteiger partial charge in [0.15, 0.2) is 12.4 Å². The molecule has 8 nitrogen and oxygen atoms in total. The summed E-state index contributed by atoms with van der Waals surface area (Å²) in [5.41, 5.74) is 1.40. The average molecular weight is 358 g/mol. The quantitative estimate of drug-likeness (QED) is 0.812. The molecule has 1 N–H and O–H groups in total. The van der Waals surface area contributed by atoms with E-state index in [1.54, 1.807) is 17.0 Å². The van der Waals surface area contributed by atoms with E-state index < -0.39 is 0 Å². The van der Waals surface area contributed by atoms with Gasteiger partial charge in [0.25, 0.3) is 5.91 Å². The Labute approximate surface area is 151 Å². The summed E-state index contributed by atoms with van der Waals surface area (Å²) >= 11 is 0. The molecule has 0 spiro atoms. The highest BCUT2D eigenvalue weighted by Crippen LogP contribution is 2.28. The second-order valence-corrected chi connectivity index (χ2v) is 6.11. The summed E-state index contributed by atoms with van der Waals surface area (Å²) < 4.78 is 10.5. The van der Waals surface area contributed by atoms with Crippen LogP contribution >= 0.6 is 0 Å². The molecule has 1 aromatic carbocycles. The third kappa shape index (κ3) is 4.19. The average Bonchev–Trinajstić information content (AvgIpc) is 3.06. The number of hydrogen-bond acceptors (Lipinski definition) is 6. The molecule has 0 saturated heterocycles. The Morgan fingerprint density at radius 1 is 1.35 bits per heavy atom. The molecule has 26 heavy (non-hydrogen) atoms. The van der Waals surface area contributed by atoms with Crippen LogP contribution in [0.1, 0.15) is 37.5 Å². The van der Waals surface area contributed by atoms with Gasteiger partial charge in [0, 0.05) is 13.0 Å². The summed E-state index contributed by atoms with van der Waals surface area (Å²) in [4.78, 5) is 30.0. The second-order valence-electron chi connectivity index (χ2n) is 6.11. The third-order valence-electron chi connectivity index (χ3n) is 4.07. The molecule has 0 saturated carbocycles. The molecule has 0 fully saturated rings. The number of benzene rings is 1. The van der Waals surface area contributed by atoms with E-state index in [2.05, 4.69) is 15.5 Å². The van der Waals surface area contributed by atoms with Crippen molar-refractivity contribution < 1.29 is 18.8 Å². The van der Waals surface area contributed by atoms with Gasteiger partial charge >= 0.3 is 0 Å². The molecule has 138 valence electrons. The maximum absolute atomic E-state index is 12.6. The van der Waals surface area contributed by atoms with Crippen LogP contribution in [0.15, 0.2) is 22.7 Å². The van der Waals surface area contributed by atoms with Gasteiger partial charge in [0.05, 0.1) is 18.7 Å². The molecule has 2 heterocycles. The minimum atomic E-state index is -0.198. The minimum Gasteiger partial charge on any atom is -0.482 e. The molecule has 0 aliphatic carbocycles. The summed E-state index contributed by atoms with van der Waals surface area (Å²) in [6.07, 6.45) is 1.88. The van der Waals surface area contributed by atoms with Crippen LogP contribution in [0.5, 0.6) is 5.75 Å². The van der Waals surface area contributed by atoms with E-state index in [4.69, 9.17) is 9.26 Å². The predicted molar refractivity (Wildman–Crippen MR) is 93.7 cm³/mol. The SMILES string of the molecule is CCCc1nc(CN(CC)C(=O)Cc2ccc3c(c2)NC(=O)CO3)no1. The lowest BCUT2D eigenvalue weighted by atomic mass is 10.1. The summed E-state index contributed by atoms with van der Waals surface area (Å²) in [6.45, 7) is 4.82. The van der Waals surface area contributed by atoms with E-state index in [1.807, 2.05) is 19.9 Å². The lowest BCUT2D eigenvalue weighted by Crippen LogP contribution is -2.32. The molecule has 0 radical (unpaired) electrons. The van der Waals surface area contributed by atoms with Crippen LogP contribution in [-0.4, -0.2) is 40.0 Å². The fourth-order valence-corrected chi connectivity index (χ4v) is 2.74. The van der Waals surface area contributed by atoms with Crippen molar-refractivity contribution in [3.05, 3.63) is 35.5 Å². The molecule has 0 unspecified atom stereocenters. The molecule has 0 atom stereocenters. The number of anilines is 1. The number of likely N-dealkylation sites (N-methyl/N-ethyl adjacent to an activating group) is 1. The number of hydrogen-bond donors (Lipinski definition) is 1. The third-order valence-corrected chi connectivity index (χ3v) is 4.07. The molecular weight excluding hydrogens is 336 g/mol. The van der Waals surface area contributed by atoms with E-state index in [9.17, 15) is 9.59 Å². The van der Waals surface area contributed by atoms with Crippen LogP contribution in [0.2, 0.25) is 0 Å². The number of nitrogens with one attached hydrogen (secondary N) is 1. The first-order valence-electron chi connectivity index (χ1n) is 8.73. The highest BCUT2D eigenvalue weighted by molar-refractivity contribution is 5.95. The van der Waals surface area contributed by atoms with E-state index in [0.29, 0.717) is 36.2 Å². The van der Waals surface area contributed by atoms with Gasteiger partial charge in [0.2, 0.25) is 11.8 Å². The molecule has 1 aliphatic heterocycles. The van der Waals surface area contributed by atoms with Crippen LogP contribution in [0, 0.1) is 0 Å². The van der Waals surface area contributed by atoms with Gasteiger partial charge < -0.3 is 19.5 Å². The topological polar surface area (TPSA) is 97.6 Å². The van der Waals surface area contributed by atoms with Gasteiger partial charge in [0.1, 0.15) is 5.75 Å². The van der Waals surface area contributed by atoms with Crippen LogP contribution in [0.4, 0.5) is 5.69 Å². The van der Waals surface area contributed by atoms with Crippen molar-refractivity contribution in [3.8, 4) is 5.75 Å². The van der Waals surface area contributed by atoms with Crippen LogP contribution < -0.4 is 10.1 Å². The Bertz CT molecular complexity index is 802. The fourth-order valence-electron chi connectivity index (χ4n) is 2.74. The lowest BCUT2D eigenvalue weighted by Gasteiger charge is -2.21. The van der Waals surface area contributed by atoms with Gasteiger partial charge in [-0.2, -0.15) is 4.98 Å². The molecule has 2 amide bonds. The first-order valence-corrected chi connectivity index (χ1v) is 8.73. The number of amides is 2. The Kier molecular flexibility index (Phi) is 5.50. The highest BCUT2D eigenvalue weighted by Gasteiger charge is 2.19. The molecule has 8 heteroatoms. The summed E-state index contributed by atoms with van der Waals surface area (Å²) in [5.74, 6) is 1.48. The van der Waals surface area contributed by atoms with E-state index in [0.717, 1.165) is 18.4 Å². The monoisotopic (exact) mass is 358 g/mol. The number of carbonyl (C=O) groups is 2. The number of rotatable bonds is 7.